The molecule has 0 N–H and O–H groups in total. The fourth-order valence-electron chi connectivity index (χ4n) is 0.738. The van der Waals surface area contributed by atoms with Crippen LogP contribution in [-0.4, -0.2) is 8.42 Å². The lowest BCUT2D eigenvalue weighted by atomic mass is 10.4. The molecule has 0 unspecified atom stereocenters. The molecule has 0 spiro atoms. The molecule has 0 aliphatic rings. The average molecular weight is 226 g/mol. The van der Waals surface area contributed by atoms with Crippen LogP contribution in [0.15, 0.2) is 58.0 Å². The van der Waals surface area contributed by atoms with E-state index >= 15 is 0 Å². The quantitative estimate of drug-likeness (QED) is 0.740. The normalized spacial score (nSPS) is 11.7. The molecule has 0 atom stereocenters. The zero-order valence-corrected chi connectivity index (χ0v) is 9.09. The van der Waals surface area contributed by atoms with E-state index in [0.717, 1.165) is 15.7 Å². The van der Waals surface area contributed by atoms with Gasteiger partial charge in [0.1, 0.15) is 0 Å². The van der Waals surface area contributed by atoms with Crippen molar-refractivity contribution in [3.8, 4) is 0 Å². The molecular formula is C10H10O2S2. The fourth-order valence-corrected chi connectivity index (χ4v) is 2.16. The second-order valence-corrected chi connectivity index (χ2v) is 5.22. The highest BCUT2D eigenvalue weighted by molar-refractivity contribution is 8.03. The highest BCUT2D eigenvalue weighted by Crippen LogP contribution is 2.18. The molecule has 0 radical (unpaired) electrons. The van der Waals surface area contributed by atoms with Crippen molar-refractivity contribution in [2.75, 3.05) is 0 Å². The highest BCUT2D eigenvalue weighted by atomic mass is 32.2. The molecule has 0 aliphatic carbocycles. The van der Waals surface area contributed by atoms with Gasteiger partial charge in [0.2, 0.25) is 0 Å². The second-order valence-electron chi connectivity index (χ2n) is 2.46. The van der Waals surface area contributed by atoms with Gasteiger partial charge in [0.25, 0.3) is 0 Å². The van der Waals surface area contributed by atoms with Crippen molar-refractivity contribution in [2.24, 2.45) is 0 Å². The average Bonchev–Trinajstić information content (AvgIpc) is 2.19. The van der Waals surface area contributed by atoms with Gasteiger partial charge in [-0.25, -0.2) is 8.42 Å². The van der Waals surface area contributed by atoms with E-state index in [9.17, 15) is 8.42 Å². The molecule has 0 bridgehead atoms. The molecule has 2 nitrogen and oxygen atoms in total. The Morgan fingerprint density at radius 2 is 1.86 bits per heavy atom. The molecule has 0 amide bonds. The van der Waals surface area contributed by atoms with Gasteiger partial charge in [0, 0.05) is 15.7 Å². The maximum atomic E-state index is 11.0. The summed E-state index contributed by atoms with van der Waals surface area (Å²) in [6.45, 7) is 3.21. The first-order valence-corrected chi connectivity index (χ1v) is 6.39. The van der Waals surface area contributed by atoms with Crippen LogP contribution in [0.25, 0.3) is 0 Å². The van der Waals surface area contributed by atoms with E-state index in [1.165, 1.54) is 17.2 Å². The number of benzene rings is 1. The Labute approximate surface area is 88.3 Å². The largest absolute Gasteiger partial charge is 0.220 e. The predicted molar refractivity (Wildman–Crippen MR) is 60.6 cm³/mol. The first-order valence-electron chi connectivity index (χ1n) is 3.90. The zero-order valence-electron chi connectivity index (χ0n) is 7.46. The first-order chi connectivity index (χ1) is 6.64. The minimum atomic E-state index is -3.23. The van der Waals surface area contributed by atoms with E-state index in [-0.39, 0.29) is 0 Å². The fraction of sp³-hybridized carbons (Fsp3) is 0. The Morgan fingerprint density at radius 1 is 1.21 bits per heavy atom. The van der Waals surface area contributed by atoms with Crippen molar-refractivity contribution >= 4 is 21.6 Å². The number of sulfone groups is 1. The SMILES string of the molecule is C=CS(=O)(=O)C=CSc1ccccc1. The summed E-state index contributed by atoms with van der Waals surface area (Å²) in [5.41, 5.74) is 0. The molecule has 0 saturated carbocycles. The van der Waals surface area contributed by atoms with Gasteiger partial charge in [-0.15, -0.1) is 0 Å². The summed E-state index contributed by atoms with van der Waals surface area (Å²) >= 11 is 1.36. The Bertz CT molecular complexity index is 419. The van der Waals surface area contributed by atoms with Crippen LogP contribution in [-0.2, 0) is 9.84 Å². The van der Waals surface area contributed by atoms with Crippen molar-refractivity contribution in [2.45, 2.75) is 4.90 Å². The Balaban J connectivity index is 2.62. The summed E-state index contributed by atoms with van der Waals surface area (Å²) in [5.74, 6) is 0. The van der Waals surface area contributed by atoms with Crippen molar-refractivity contribution in [1.82, 2.24) is 0 Å². The number of hydrogen-bond acceptors (Lipinski definition) is 3. The molecule has 0 aromatic heterocycles. The van der Waals surface area contributed by atoms with Crippen LogP contribution in [0.1, 0.15) is 0 Å². The van der Waals surface area contributed by atoms with E-state index in [0.29, 0.717) is 0 Å². The molecule has 4 heteroatoms. The van der Waals surface area contributed by atoms with Crippen molar-refractivity contribution in [1.29, 1.82) is 0 Å². The van der Waals surface area contributed by atoms with Gasteiger partial charge in [-0.3, -0.25) is 0 Å². The molecule has 14 heavy (non-hydrogen) atoms. The van der Waals surface area contributed by atoms with Crippen LogP contribution < -0.4 is 0 Å². The van der Waals surface area contributed by atoms with Gasteiger partial charge >= 0.3 is 0 Å². The van der Waals surface area contributed by atoms with Gasteiger partial charge < -0.3 is 0 Å². The lowest BCUT2D eigenvalue weighted by molar-refractivity contribution is 0.613. The lowest BCUT2D eigenvalue weighted by Crippen LogP contribution is -1.84. The third-order valence-electron chi connectivity index (χ3n) is 1.42. The van der Waals surface area contributed by atoms with E-state index in [4.69, 9.17) is 0 Å². The maximum Gasteiger partial charge on any atom is 0.192 e. The summed E-state index contributed by atoms with van der Waals surface area (Å²) in [5, 5.41) is 3.60. The molecule has 0 fully saturated rings. The molecule has 1 aromatic rings. The Kier molecular flexibility index (Phi) is 3.98. The first kappa shape index (κ1) is 11.1. The summed E-state index contributed by atoms with van der Waals surface area (Å²) in [6, 6.07) is 9.54. The van der Waals surface area contributed by atoms with Crippen LogP contribution in [0, 0.1) is 0 Å². The summed E-state index contributed by atoms with van der Waals surface area (Å²) in [4.78, 5) is 1.00. The van der Waals surface area contributed by atoms with Crippen LogP contribution >= 0.6 is 11.8 Å². The Hall–Kier alpha value is -1.00. The van der Waals surface area contributed by atoms with Gasteiger partial charge in [-0.2, -0.15) is 0 Å². The van der Waals surface area contributed by atoms with Gasteiger partial charge in [0.05, 0.1) is 0 Å². The second kappa shape index (κ2) is 5.02. The van der Waals surface area contributed by atoms with Gasteiger partial charge in [0.15, 0.2) is 9.84 Å². The summed E-state index contributed by atoms with van der Waals surface area (Å²) in [6.07, 6.45) is 0. The monoisotopic (exact) mass is 226 g/mol. The molecule has 1 aromatic carbocycles. The van der Waals surface area contributed by atoms with Gasteiger partial charge in [-0.1, -0.05) is 36.5 Å². The summed E-state index contributed by atoms with van der Waals surface area (Å²) < 4.78 is 21.9. The van der Waals surface area contributed by atoms with E-state index in [1.807, 2.05) is 30.3 Å². The topological polar surface area (TPSA) is 34.1 Å². The van der Waals surface area contributed by atoms with E-state index in [2.05, 4.69) is 6.58 Å². The highest BCUT2D eigenvalue weighted by Gasteiger charge is 1.96. The molecular weight excluding hydrogens is 216 g/mol. The van der Waals surface area contributed by atoms with Crippen LogP contribution in [0.5, 0.6) is 0 Å². The molecule has 0 saturated heterocycles. The minimum Gasteiger partial charge on any atom is -0.220 e. The minimum absolute atomic E-state index is 0.926. The standard InChI is InChI=1S/C10H10O2S2/c1-2-14(11,12)9-8-13-10-6-4-3-5-7-10/h2-9H,1H2. The smallest absolute Gasteiger partial charge is 0.192 e. The number of hydrogen-bond donors (Lipinski definition) is 0. The maximum absolute atomic E-state index is 11.0. The predicted octanol–water partition coefficient (Wildman–Crippen LogP) is 2.81. The molecule has 0 aliphatic heterocycles. The number of thioether (sulfide) groups is 1. The third-order valence-corrected chi connectivity index (χ3v) is 3.39. The van der Waals surface area contributed by atoms with Crippen molar-refractivity contribution < 1.29 is 8.42 Å². The van der Waals surface area contributed by atoms with Crippen LogP contribution in [0.3, 0.4) is 0 Å². The lowest BCUT2D eigenvalue weighted by Gasteiger charge is -1.93. The van der Waals surface area contributed by atoms with E-state index in [1.54, 1.807) is 0 Å². The van der Waals surface area contributed by atoms with Gasteiger partial charge in [-0.05, 0) is 17.5 Å². The molecule has 1 rings (SSSR count). The summed E-state index contributed by atoms with van der Waals surface area (Å²) in [7, 11) is -3.23. The van der Waals surface area contributed by atoms with Crippen LogP contribution in [0.4, 0.5) is 0 Å². The van der Waals surface area contributed by atoms with Crippen molar-refractivity contribution in [3.05, 3.63) is 53.1 Å². The molecule has 74 valence electrons. The zero-order chi connectivity index (χ0) is 10.4. The third kappa shape index (κ3) is 3.81. The number of rotatable bonds is 4. The Morgan fingerprint density at radius 3 is 2.43 bits per heavy atom. The van der Waals surface area contributed by atoms with Crippen molar-refractivity contribution in [3.63, 3.8) is 0 Å². The van der Waals surface area contributed by atoms with Crippen LogP contribution in [0.2, 0.25) is 0 Å². The van der Waals surface area contributed by atoms with E-state index < -0.39 is 9.84 Å². The molecule has 0 heterocycles.